The number of piperidine rings is 2. The first-order valence-corrected chi connectivity index (χ1v) is 14.3. The van der Waals surface area contributed by atoms with Crippen LogP contribution in [0.1, 0.15) is 56.1 Å². The van der Waals surface area contributed by atoms with E-state index in [-0.39, 0.29) is 23.1 Å². The first-order valence-electron chi connectivity index (χ1n) is 14.3. The van der Waals surface area contributed by atoms with Crippen LogP contribution in [0.4, 0.5) is 0 Å². The Morgan fingerprint density at radius 3 is 2.59 bits per heavy atom. The average molecular weight is 529 g/mol. The number of nitrogens with zero attached hydrogens (tertiary/aromatic N) is 4. The number of hydrogen-bond donors (Lipinski definition) is 4. The summed E-state index contributed by atoms with van der Waals surface area (Å²) in [6.45, 7) is 7.72. The zero-order chi connectivity index (χ0) is 26.7. The van der Waals surface area contributed by atoms with Crippen molar-refractivity contribution in [3.8, 4) is 28.6 Å². The number of rotatable bonds is 4. The minimum absolute atomic E-state index is 0.0336. The molecule has 4 N–H and O–H groups in total. The Balaban J connectivity index is 1.20. The Labute approximate surface area is 227 Å². The van der Waals surface area contributed by atoms with Gasteiger partial charge in [0.2, 0.25) is 0 Å². The maximum absolute atomic E-state index is 12.8. The fraction of sp³-hybridized carbons (Fsp3) is 0.467. The number of aryl methyl sites for hydroxylation is 1. The number of phenols is 2. The van der Waals surface area contributed by atoms with Gasteiger partial charge in [-0.25, -0.2) is 14.5 Å². The first kappa shape index (κ1) is 24.5. The lowest BCUT2D eigenvalue weighted by Gasteiger charge is -2.39. The van der Waals surface area contributed by atoms with Gasteiger partial charge in [-0.05, 0) is 94.0 Å². The molecule has 39 heavy (non-hydrogen) atoms. The number of aromatic hydroxyl groups is 2. The lowest BCUT2D eigenvalue weighted by atomic mass is 9.90. The molecule has 4 bridgehead atoms. The van der Waals surface area contributed by atoms with Gasteiger partial charge in [-0.3, -0.25) is 0 Å². The van der Waals surface area contributed by atoms with Gasteiger partial charge in [0.25, 0.3) is 0 Å². The van der Waals surface area contributed by atoms with E-state index in [0.717, 1.165) is 54.5 Å². The van der Waals surface area contributed by atoms with Crippen molar-refractivity contribution in [3.63, 3.8) is 0 Å². The second-order valence-electron chi connectivity index (χ2n) is 11.6. The molecule has 0 radical (unpaired) electrons. The quantitative estimate of drug-likeness (QED) is 0.320. The van der Waals surface area contributed by atoms with Gasteiger partial charge in [-0.15, -0.1) is 0 Å². The van der Waals surface area contributed by atoms with Crippen molar-refractivity contribution in [1.29, 1.82) is 0 Å². The highest BCUT2D eigenvalue weighted by Crippen LogP contribution is 2.43. The number of aromatic amines is 1. The molecule has 204 valence electrons. The Bertz CT molecular complexity index is 1590. The molecule has 7 rings (SSSR count). The van der Waals surface area contributed by atoms with Crippen LogP contribution in [0.5, 0.6) is 11.5 Å². The summed E-state index contributed by atoms with van der Waals surface area (Å²) in [6, 6.07) is 9.93. The van der Waals surface area contributed by atoms with Crippen LogP contribution in [0.3, 0.4) is 0 Å². The highest BCUT2D eigenvalue weighted by molar-refractivity contribution is 5.88. The standard InChI is InChI=1S/C30H36N6O3/c1-18-22-15-24(28(38)16-27(22)37)29-32-33-30(39)36(29)21-2-3-26-23(14-21)25(18)17-35(26)13-8-19-6-11-34(12-7-19)20-4-9-31-10-5-20/h2-3,14-20,31,37-38H,4-13H2,1H3,(H,33,39). The Morgan fingerprint density at radius 2 is 1.79 bits per heavy atom. The molecule has 0 amide bonds. The smallest absolute Gasteiger partial charge is 0.348 e. The van der Waals surface area contributed by atoms with Gasteiger partial charge in [-0.1, -0.05) is 6.92 Å². The second kappa shape index (κ2) is 9.57. The number of aromatic nitrogens is 4. The van der Waals surface area contributed by atoms with Crippen molar-refractivity contribution in [2.24, 2.45) is 5.92 Å². The average Bonchev–Trinajstić information content (AvgIpc) is 3.52. The van der Waals surface area contributed by atoms with Gasteiger partial charge in [0, 0.05) is 47.2 Å². The molecular weight excluding hydrogens is 492 g/mol. The van der Waals surface area contributed by atoms with Crippen LogP contribution in [0.25, 0.3) is 28.0 Å². The van der Waals surface area contributed by atoms with E-state index in [1.54, 1.807) is 6.07 Å². The molecule has 2 fully saturated rings. The monoisotopic (exact) mass is 528 g/mol. The molecule has 2 aromatic carbocycles. The molecule has 9 nitrogen and oxygen atoms in total. The number of benzene rings is 2. The fourth-order valence-corrected chi connectivity index (χ4v) is 7.09. The van der Waals surface area contributed by atoms with Gasteiger partial charge in [0.15, 0.2) is 5.82 Å². The summed E-state index contributed by atoms with van der Waals surface area (Å²) in [5.74, 6) is 0.844. The van der Waals surface area contributed by atoms with Gasteiger partial charge in [0.1, 0.15) is 11.5 Å². The second-order valence-corrected chi connectivity index (χ2v) is 11.6. The van der Waals surface area contributed by atoms with Crippen LogP contribution in [0.2, 0.25) is 0 Å². The van der Waals surface area contributed by atoms with Crippen LogP contribution in [0, 0.1) is 5.92 Å². The highest BCUT2D eigenvalue weighted by atomic mass is 16.3. The number of phenolic OH excluding ortho intramolecular Hbond substituents is 2. The van der Waals surface area contributed by atoms with Crippen LogP contribution >= 0.6 is 0 Å². The fourth-order valence-electron chi connectivity index (χ4n) is 7.09. The summed E-state index contributed by atoms with van der Waals surface area (Å²) in [5, 5.41) is 32.7. The minimum Gasteiger partial charge on any atom is -0.508 e. The number of H-pyrrole nitrogens is 1. The van der Waals surface area contributed by atoms with Crippen LogP contribution in [0.15, 0.2) is 41.3 Å². The maximum atomic E-state index is 12.8. The molecule has 2 saturated heterocycles. The van der Waals surface area contributed by atoms with E-state index < -0.39 is 0 Å². The number of fused-ring (bicyclic) bond motifs is 6. The molecule has 3 aliphatic heterocycles. The first-order chi connectivity index (χ1) is 19.0. The maximum Gasteiger partial charge on any atom is 0.348 e. The summed E-state index contributed by atoms with van der Waals surface area (Å²) in [5.41, 5.74) is 3.66. The minimum atomic E-state index is -0.371. The van der Waals surface area contributed by atoms with Gasteiger partial charge in [-0.2, -0.15) is 5.10 Å². The molecule has 3 aliphatic rings. The molecule has 1 unspecified atom stereocenters. The summed E-state index contributed by atoms with van der Waals surface area (Å²) in [6.07, 6.45) is 8.41. The Kier molecular flexibility index (Phi) is 6.01. The molecule has 5 heterocycles. The molecule has 1 atom stereocenters. The number of hydrogen-bond acceptors (Lipinski definition) is 6. The van der Waals surface area contributed by atoms with E-state index in [4.69, 9.17) is 0 Å². The van der Waals surface area contributed by atoms with E-state index in [1.165, 1.54) is 49.4 Å². The van der Waals surface area contributed by atoms with Crippen molar-refractivity contribution in [2.75, 3.05) is 26.2 Å². The lowest BCUT2D eigenvalue weighted by Crippen LogP contribution is -2.46. The number of likely N-dealkylation sites (tertiary alicyclic amines) is 1. The third-order valence-electron chi connectivity index (χ3n) is 9.40. The molecule has 0 saturated carbocycles. The summed E-state index contributed by atoms with van der Waals surface area (Å²) < 4.78 is 3.84. The molecule has 0 aliphatic carbocycles. The lowest BCUT2D eigenvalue weighted by molar-refractivity contribution is 0.107. The zero-order valence-electron chi connectivity index (χ0n) is 22.4. The largest absolute Gasteiger partial charge is 0.508 e. The normalized spacial score (nSPS) is 20.5. The van der Waals surface area contributed by atoms with Crippen molar-refractivity contribution < 1.29 is 10.2 Å². The third kappa shape index (κ3) is 4.15. The summed E-state index contributed by atoms with van der Waals surface area (Å²) >= 11 is 0. The summed E-state index contributed by atoms with van der Waals surface area (Å²) in [7, 11) is 0. The van der Waals surface area contributed by atoms with E-state index in [1.807, 2.05) is 12.1 Å². The molecule has 2 aromatic heterocycles. The number of nitrogens with one attached hydrogen (secondary N) is 2. The van der Waals surface area contributed by atoms with E-state index in [2.05, 4.69) is 44.2 Å². The van der Waals surface area contributed by atoms with Crippen molar-refractivity contribution in [3.05, 3.63) is 58.1 Å². The van der Waals surface area contributed by atoms with E-state index in [9.17, 15) is 15.0 Å². The molecule has 0 spiro atoms. The van der Waals surface area contributed by atoms with Gasteiger partial charge >= 0.3 is 5.69 Å². The van der Waals surface area contributed by atoms with Crippen LogP contribution in [-0.4, -0.2) is 66.7 Å². The predicted molar refractivity (Wildman–Crippen MR) is 151 cm³/mol. The zero-order valence-corrected chi connectivity index (χ0v) is 22.4. The molecule has 4 aromatic rings. The van der Waals surface area contributed by atoms with Crippen molar-refractivity contribution >= 4 is 10.9 Å². The summed E-state index contributed by atoms with van der Waals surface area (Å²) in [4.78, 5) is 15.5. The van der Waals surface area contributed by atoms with Gasteiger partial charge in [0.05, 0.1) is 11.3 Å². The Morgan fingerprint density at radius 1 is 1.00 bits per heavy atom. The van der Waals surface area contributed by atoms with Crippen LogP contribution in [-0.2, 0) is 6.54 Å². The van der Waals surface area contributed by atoms with Crippen LogP contribution < -0.4 is 11.0 Å². The van der Waals surface area contributed by atoms with E-state index >= 15 is 0 Å². The van der Waals surface area contributed by atoms with E-state index in [0.29, 0.717) is 22.6 Å². The topological polar surface area (TPSA) is 111 Å². The third-order valence-corrected chi connectivity index (χ3v) is 9.40. The van der Waals surface area contributed by atoms with Gasteiger partial charge < -0.3 is 25.0 Å². The van der Waals surface area contributed by atoms with Crippen molar-refractivity contribution in [2.45, 2.75) is 57.5 Å². The SMILES string of the molecule is CC1c2cc(c(O)cc2O)-c2n[nH]c(=O)n2-c2ccc3c(c2)c1cn3CCC1CCN(C2CCNCC2)CC1. The highest BCUT2D eigenvalue weighted by Gasteiger charge is 2.28. The Hall–Kier alpha value is -3.56. The predicted octanol–water partition coefficient (Wildman–Crippen LogP) is 3.91. The molecule has 9 heteroatoms. The van der Waals surface area contributed by atoms with Crippen molar-refractivity contribution in [1.82, 2.24) is 29.5 Å². The molecular formula is C30H36N6O3.